The molecule has 0 radical (unpaired) electrons. The number of ether oxygens (including phenoxy) is 2. The first kappa shape index (κ1) is 12.6. The van der Waals surface area contributed by atoms with E-state index in [1.54, 1.807) is 14.2 Å². The maximum atomic E-state index is 6.09. The van der Waals surface area contributed by atoms with Gasteiger partial charge in [-0.2, -0.15) is 4.98 Å². The largest absolute Gasteiger partial charge is 0.495 e. The van der Waals surface area contributed by atoms with Crippen LogP contribution in [0.2, 0.25) is 5.02 Å². The quantitative estimate of drug-likeness (QED) is 0.854. The van der Waals surface area contributed by atoms with E-state index in [-0.39, 0.29) is 0 Å². The van der Waals surface area contributed by atoms with Crippen LogP contribution < -0.4 is 9.47 Å². The summed E-state index contributed by atoms with van der Waals surface area (Å²) in [5.74, 6) is 0.637. The van der Waals surface area contributed by atoms with Crippen LogP contribution in [0, 0.1) is 6.92 Å². The molecule has 0 bridgehead atoms. The highest BCUT2D eigenvalue weighted by molar-refractivity contribution is 6.32. The Bertz CT molecular complexity index is 573. The number of halogens is 1. The maximum absolute atomic E-state index is 6.09. The molecule has 18 heavy (non-hydrogen) atoms. The minimum absolute atomic E-state index is 0.344. The van der Waals surface area contributed by atoms with E-state index in [2.05, 4.69) is 9.97 Å². The average Bonchev–Trinajstić information content (AvgIpc) is 2.37. The molecule has 1 heterocycles. The number of hydrogen-bond acceptors (Lipinski definition) is 4. The van der Waals surface area contributed by atoms with Crippen LogP contribution in [0.25, 0.3) is 11.3 Å². The van der Waals surface area contributed by atoms with Crippen LogP contribution in [-0.4, -0.2) is 24.2 Å². The van der Waals surface area contributed by atoms with Crippen molar-refractivity contribution in [1.82, 2.24) is 9.97 Å². The first-order valence-electron chi connectivity index (χ1n) is 5.37. The number of aryl methyl sites for hydroxylation is 1. The van der Waals surface area contributed by atoms with E-state index < -0.39 is 0 Å². The molecule has 1 aromatic carbocycles. The maximum Gasteiger partial charge on any atom is 0.316 e. The first-order chi connectivity index (χ1) is 8.63. The van der Waals surface area contributed by atoms with Crippen LogP contribution in [-0.2, 0) is 0 Å². The van der Waals surface area contributed by atoms with Crippen LogP contribution >= 0.6 is 11.6 Å². The van der Waals surface area contributed by atoms with Crippen molar-refractivity contribution in [3.63, 3.8) is 0 Å². The molecule has 2 rings (SSSR count). The monoisotopic (exact) mass is 264 g/mol. The molecular weight excluding hydrogens is 252 g/mol. The Labute approximate surface area is 111 Å². The smallest absolute Gasteiger partial charge is 0.316 e. The minimum Gasteiger partial charge on any atom is -0.495 e. The summed E-state index contributed by atoms with van der Waals surface area (Å²) in [6.07, 6.45) is 0. The Morgan fingerprint density at radius 1 is 1.06 bits per heavy atom. The van der Waals surface area contributed by atoms with Crippen LogP contribution in [0.4, 0.5) is 0 Å². The second kappa shape index (κ2) is 5.23. The lowest BCUT2D eigenvalue weighted by Crippen LogP contribution is -1.96. The molecule has 0 unspecified atom stereocenters. The van der Waals surface area contributed by atoms with Gasteiger partial charge in [0.05, 0.1) is 24.9 Å². The van der Waals surface area contributed by atoms with Gasteiger partial charge in [-0.25, -0.2) is 4.98 Å². The molecule has 0 aliphatic rings. The SMILES string of the molecule is COc1nc(C)cc(-c2ccc(OC)c(Cl)c2)n1. The number of aromatic nitrogens is 2. The lowest BCUT2D eigenvalue weighted by Gasteiger charge is -2.07. The van der Waals surface area contributed by atoms with E-state index in [1.807, 2.05) is 31.2 Å². The highest BCUT2D eigenvalue weighted by Crippen LogP contribution is 2.29. The normalized spacial score (nSPS) is 10.2. The van der Waals surface area contributed by atoms with Gasteiger partial charge in [-0.15, -0.1) is 0 Å². The van der Waals surface area contributed by atoms with E-state index in [1.165, 1.54) is 0 Å². The summed E-state index contributed by atoms with van der Waals surface area (Å²) in [5, 5.41) is 0.547. The molecule has 0 N–H and O–H groups in total. The first-order valence-corrected chi connectivity index (χ1v) is 5.75. The fourth-order valence-corrected chi connectivity index (χ4v) is 1.86. The summed E-state index contributed by atoms with van der Waals surface area (Å²) in [6.45, 7) is 1.89. The average molecular weight is 265 g/mol. The van der Waals surface area contributed by atoms with Gasteiger partial charge < -0.3 is 9.47 Å². The third-order valence-corrected chi connectivity index (χ3v) is 2.76. The molecule has 0 aliphatic carbocycles. The van der Waals surface area contributed by atoms with Gasteiger partial charge >= 0.3 is 6.01 Å². The molecule has 4 nitrogen and oxygen atoms in total. The molecule has 5 heteroatoms. The fraction of sp³-hybridized carbons (Fsp3) is 0.231. The van der Waals surface area contributed by atoms with Crippen molar-refractivity contribution in [2.24, 2.45) is 0 Å². The Morgan fingerprint density at radius 3 is 2.44 bits per heavy atom. The Kier molecular flexibility index (Phi) is 3.67. The molecule has 0 fully saturated rings. The lowest BCUT2D eigenvalue weighted by atomic mass is 10.1. The molecule has 2 aromatic rings. The standard InChI is InChI=1S/C13H13ClN2O2/c1-8-6-11(16-13(15-8)18-3)9-4-5-12(17-2)10(14)7-9/h4-7H,1-3H3. The van der Waals surface area contributed by atoms with Gasteiger partial charge in [0.1, 0.15) is 5.75 Å². The number of nitrogens with zero attached hydrogens (tertiary/aromatic N) is 2. The predicted octanol–water partition coefficient (Wildman–Crippen LogP) is 3.12. The van der Waals surface area contributed by atoms with Gasteiger partial charge in [-0.1, -0.05) is 11.6 Å². The van der Waals surface area contributed by atoms with Gasteiger partial charge in [0.15, 0.2) is 0 Å². The summed E-state index contributed by atoms with van der Waals surface area (Å²) in [4.78, 5) is 8.43. The van der Waals surface area contributed by atoms with Crippen molar-refractivity contribution in [1.29, 1.82) is 0 Å². The third kappa shape index (κ3) is 2.54. The van der Waals surface area contributed by atoms with Gasteiger partial charge in [-0.3, -0.25) is 0 Å². The van der Waals surface area contributed by atoms with Crippen molar-refractivity contribution >= 4 is 11.6 Å². The molecule has 94 valence electrons. The van der Waals surface area contributed by atoms with Gasteiger partial charge in [0, 0.05) is 11.3 Å². The molecule has 0 aliphatic heterocycles. The summed E-state index contributed by atoms with van der Waals surface area (Å²) < 4.78 is 10.2. The molecular formula is C13H13ClN2O2. The second-order valence-electron chi connectivity index (χ2n) is 3.73. The number of rotatable bonds is 3. The Balaban J connectivity index is 2.48. The van der Waals surface area contributed by atoms with Crippen molar-refractivity contribution in [2.75, 3.05) is 14.2 Å². The molecule has 0 spiro atoms. The van der Waals surface area contributed by atoms with Crippen LogP contribution in [0.5, 0.6) is 11.8 Å². The molecule has 0 saturated carbocycles. The molecule has 0 saturated heterocycles. The number of methoxy groups -OCH3 is 2. The zero-order valence-electron chi connectivity index (χ0n) is 10.4. The zero-order chi connectivity index (χ0) is 13.1. The summed E-state index contributed by atoms with van der Waals surface area (Å²) in [7, 11) is 3.12. The van der Waals surface area contributed by atoms with E-state index >= 15 is 0 Å². The second-order valence-corrected chi connectivity index (χ2v) is 4.14. The van der Waals surface area contributed by atoms with Crippen molar-refractivity contribution in [3.8, 4) is 23.0 Å². The van der Waals surface area contributed by atoms with E-state index in [9.17, 15) is 0 Å². The Hall–Kier alpha value is -1.81. The van der Waals surface area contributed by atoms with Crippen LogP contribution in [0.3, 0.4) is 0 Å². The Morgan fingerprint density at radius 2 is 1.83 bits per heavy atom. The van der Waals surface area contributed by atoms with Crippen molar-refractivity contribution in [2.45, 2.75) is 6.92 Å². The van der Waals surface area contributed by atoms with E-state index in [0.717, 1.165) is 17.0 Å². The summed E-state index contributed by atoms with van der Waals surface area (Å²) >= 11 is 6.09. The number of benzene rings is 1. The topological polar surface area (TPSA) is 44.2 Å². The minimum atomic E-state index is 0.344. The third-order valence-electron chi connectivity index (χ3n) is 2.46. The van der Waals surface area contributed by atoms with Gasteiger partial charge in [0.2, 0.25) is 0 Å². The molecule has 0 atom stereocenters. The molecule has 1 aromatic heterocycles. The number of hydrogen-bond donors (Lipinski definition) is 0. The summed E-state index contributed by atoms with van der Waals surface area (Å²) in [6, 6.07) is 7.73. The fourth-order valence-electron chi connectivity index (χ4n) is 1.61. The molecule has 0 amide bonds. The van der Waals surface area contributed by atoms with Crippen molar-refractivity contribution in [3.05, 3.63) is 35.0 Å². The van der Waals surface area contributed by atoms with Gasteiger partial charge in [0.25, 0.3) is 0 Å². The highest BCUT2D eigenvalue weighted by atomic mass is 35.5. The van der Waals surface area contributed by atoms with Gasteiger partial charge in [-0.05, 0) is 31.2 Å². The lowest BCUT2D eigenvalue weighted by molar-refractivity contribution is 0.379. The van der Waals surface area contributed by atoms with Crippen LogP contribution in [0.15, 0.2) is 24.3 Å². The van der Waals surface area contributed by atoms with E-state index in [4.69, 9.17) is 21.1 Å². The van der Waals surface area contributed by atoms with Crippen LogP contribution in [0.1, 0.15) is 5.69 Å². The zero-order valence-corrected chi connectivity index (χ0v) is 11.2. The van der Waals surface area contributed by atoms with E-state index in [0.29, 0.717) is 16.8 Å². The van der Waals surface area contributed by atoms with Crippen molar-refractivity contribution < 1.29 is 9.47 Å². The predicted molar refractivity (Wildman–Crippen MR) is 70.3 cm³/mol. The highest BCUT2D eigenvalue weighted by Gasteiger charge is 2.07. The summed E-state index contributed by atoms with van der Waals surface area (Å²) in [5.41, 5.74) is 2.50.